The van der Waals surface area contributed by atoms with E-state index in [1.54, 1.807) is 31.7 Å². The van der Waals surface area contributed by atoms with Gasteiger partial charge in [0.2, 0.25) is 0 Å². The first-order valence-corrected chi connectivity index (χ1v) is 2.37. The largest absolute Gasteiger partial charge is 0.327 e. The van der Waals surface area contributed by atoms with Gasteiger partial charge < -0.3 is 4.90 Å². The highest BCUT2D eigenvalue weighted by atomic mass is 15.1. The lowest BCUT2D eigenvalue weighted by molar-refractivity contribution is 0.797. The van der Waals surface area contributed by atoms with Gasteiger partial charge in [-0.3, -0.25) is 9.98 Å². The monoisotopic (exact) mass is 113 g/mol. The topological polar surface area (TPSA) is 28.0 Å². The first-order chi connectivity index (χ1) is 3.81. The van der Waals surface area contributed by atoms with Crippen LogP contribution < -0.4 is 0 Å². The molecule has 0 rings (SSSR count). The van der Waals surface area contributed by atoms with E-state index < -0.39 is 0 Å². The number of rotatable bonds is 2. The maximum atomic E-state index is 3.76. The van der Waals surface area contributed by atoms with Gasteiger partial charge in [0.1, 0.15) is 0 Å². The van der Waals surface area contributed by atoms with Crippen molar-refractivity contribution >= 4 is 12.7 Å². The summed E-state index contributed by atoms with van der Waals surface area (Å²) in [5.41, 5.74) is 0. The molecule has 0 aromatic carbocycles. The van der Waals surface area contributed by atoms with Crippen molar-refractivity contribution < 1.29 is 0 Å². The van der Waals surface area contributed by atoms with Crippen molar-refractivity contribution in [2.45, 2.75) is 0 Å². The molecule has 0 amide bonds. The summed E-state index contributed by atoms with van der Waals surface area (Å²) in [5.74, 6) is 0. The van der Waals surface area contributed by atoms with E-state index in [1.807, 2.05) is 7.05 Å². The number of nitrogens with zero attached hydrogens (tertiary/aromatic N) is 3. The Balaban J connectivity index is 3.47. The normalized spacial score (nSPS) is 11.4. The van der Waals surface area contributed by atoms with E-state index in [0.717, 1.165) is 0 Å². The van der Waals surface area contributed by atoms with Gasteiger partial charge in [0, 0.05) is 21.1 Å². The van der Waals surface area contributed by atoms with Crippen LogP contribution in [0.15, 0.2) is 9.98 Å². The lowest BCUT2D eigenvalue weighted by Gasteiger charge is -2.00. The zero-order valence-electron chi connectivity index (χ0n) is 5.50. The quantitative estimate of drug-likeness (QED) is 0.372. The van der Waals surface area contributed by atoms with E-state index in [4.69, 9.17) is 0 Å². The maximum absolute atomic E-state index is 3.76. The van der Waals surface area contributed by atoms with Gasteiger partial charge in [-0.2, -0.15) is 0 Å². The zero-order chi connectivity index (χ0) is 6.41. The summed E-state index contributed by atoms with van der Waals surface area (Å²) in [7, 11) is 5.32. The average Bonchev–Trinajstić information content (AvgIpc) is 1.68. The lowest BCUT2D eigenvalue weighted by atomic mass is 10.9. The molecule has 0 aliphatic carbocycles. The van der Waals surface area contributed by atoms with Crippen molar-refractivity contribution in [2.75, 3.05) is 21.1 Å². The summed E-state index contributed by atoms with van der Waals surface area (Å²) in [6, 6.07) is 0. The third kappa shape index (κ3) is 3.33. The highest BCUT2D eigenvalue weighted by Crippen LogP contribution is 1.66. The smallest absolute Gasteiger partial charge is 0.0895 e. The molecule has 3 nitrogen and oxygen atoms in total. The molecule has 0 aliphatic heterocycles. The van der Waals surface area contributed by atoms with Crippen molar-refractivity contribution in [3.8, 4) is 0 Å². The van der Waals surface area contributed by atoms with Crippen LogP contribution in [0.2, 0.25) is 0 Å². The Labute approximate surface area is 49.7 Å². The molecular formula is C5H11N3. The average molecular weight is 113 g/mol. The van der Waals surface area contributed by atoms with Gasteiger partial charge >= 0.3 is 0 Å². The second-order valence-electron chi connectivity index (χ2n) is 1.41. The van der Waals surface area contributed by atoms with Crippen LogP contribution in [0.5, 0.6) is 0 Å². The van der Waals surface area contributed by atoms with Crippen LogP contribution in [-0.4, -0.2) is 38.7 Å². The van der Waals surface area contributed by atoms with Crippen LogP contribution in [-0.2, 0) is 0 Å². The Morgan fingerprint density at radius 3 is 1.75 bits per heavy atom. The third-order valence-corrected chi connectivity index (χ3v) is 0.595. The molecule has 0 fully saturated rings. The zero-order valence-corrected chi connectivity index (χ0v) is 5.50. The third-order valence-electron chi connectivity index (χ3n) is 0.595. The minimum atomic E-state index is 1.69. The van der Waals surface area contributed by atoms with Crippen LogP contribution in [0.25, 0.3) is 0 Å². The second kappa shape index (κ2) is 4.30. The molecule has 0 aromatic heterocycles. The molecule has 0 saturated carbocycles. The molecule has 0 radical (unpaired) electrons. The predicted molar refractivity (Wildman–Crippen MR) is 36.6 cm³/mol. The number of aliphatic imine (C=N–C) groups is 2. The molecule has 0 N–H and O–H groups in total. The highest BCUT2D eigenvalue weighted by molar-refractivity contribution is 5.74. The van der Waals surface area contributed by atoms with E-state index >= 15 is 0 Å². The molecule has 46 valence electrons. The van der Waals surface area contributed by atoms with E-state index in [2.05, 4.69) is 9.98 Å². The van der Waals surface area contributed by atoms with Gasteiger partial charge in [-0.15, -0.1) is 0 Å². The predicted octanol–water partition coefficient (Wildman–Crippen LogP) is 0.234. The van der Waals surface area contributed by atoms with Gasteiger partial charge in [0.05, 0.1) is 12.7 Å². The van der Waals surface area contributed by atoms with Crippen molar-refractivity contribution in [3.63, 3.8) is 0 Å². The highest BCUT2D eigenvalue weighted by Gasteiger charge is 1.76. The van der Waals surface area contributed by atoms with Crippen LogP contribution >= 0.6 is 0 Å². The fourth-order valence-corrected chi connectivity index (χ4v) is 0.394. The first-order valence-electron chi connectivity index (χ1n) is 2.37. The van der Waals surface area contributed by atoms with E-state index in [-0.39, 0.29) is 0 Å². The Hall–Kier alpha value is -0.860. The molecular weight excluding hydrogens is 102 g/mol. The Morgan fingerprint density at radius 1 is 1.12 bits per heavy atom. The van der Waals surface area contributed by atoms with Gasteiger partial charge in [0.25, 0.3) is 0 Å². The maximum Gasteiger partial charge on any atom is 0.0895 e. The summed E-state index contributed by atoms with van der Waals surface area (Å²) in [5, 5.41) is 0. The van der Waals surface area contributed by atoms with E-state index in [1.165, 1.54) is 0 Å². The Kier molecular flexibility index (Phi) is 3.84. The van der Waals surface area contributed by atoms with Crippen LogP contribution in [0, 0.1) is 0 Å². The van der Waals surface area contributed by atoms with Crippen molar-refractivity contribution in [3.05, 3.63) is 0 Å². The summed E-state index contributed by atoms with van der Waals surface area (Å²) in [4.78, 5) is 9.31. The molecule has 0 aromatic rings. The Morgan fingerprint density at radius 2 is 1.50 bits per heavy atom. The molecule has 3 heteroatoms. The minimum Gasteiger partial charge on any atom is -0.327 e. The molecule has 0 atom stereocenters. The molecule has 0 saturated heterocycles. The standard InChI is InChI=1S/C5H11N3/c1-6-4-8(3)5-7-2/h4-5H,1-3H3. The molecule has 0 spiro atoms. The Bertz CT molecular complexity index is 83.8. The van der Waals surface area contributed by atoms with Crippen LogP contribution in [0.4, 0.5) is 0 Å². The van der Waals surface area contributed by atoms with Crippen LogP contribution in [0.3, 0.4) is 0 Å². The van der Waals surface area contributed by atoms with Gasteiger partial charge in [-0.1, -0.05) is 0 Å². The molecule has 0 bridgehead atoms. The number of hydrogen-bond acceptors (Lipinski definition) is 2. The van der Waals surface area contributed by atoms with Crippen molar-refractivity contribution in [1.82, 2.24) is 4.90 Å². The molecule has 8 heavy (non-hydrogen) atoms. The lowest BCUT2D eigenvalue weighted by Crippen LogP contribution is -2.12. The van der Waals surface area contributed by atoms with Crippen LogP contribution in [0.1, 0.15) is 0 Å². The first kappa shape index (κ1) is 7.14. The minimum absolute atomic E-state index is 1.69. The van der Waals surface area contributed by atoms with Gasteiger partial charge in [-0.25, -0.2) is 0 Å². The fourth-order valence-electron chi connectivity index (χ4n) is 0.394. The summed E-state index contributed by atoms with van der Waals surface area (Å²) in [6.07, 6.45) is 3.38. The fraction of sp³-hybridized carbons (Fsp3) is 0.600. The van der Waals surface area contributed by atoms with Crippen molar-refractivity contribution in [2.24, 2.45) is 9.98 Å². The second-order valence-corrected chi connectivity index (χ2v) is 1.41. The summed E-state index contributed by atoms with van der Waals surface area (Å²) < 4.78 is 0. The summed E-state index contributed by atoms with van der Waals surface area (Å²) >= 11 is 0. The van der Waals surface area contributed by atoms with Gasteiger partial charge in [0.15, 0.2) is 0 Å². The SMILES string of the molecule is CN=CN(C)C=NC. The van der Waals surface area contributed by atoms with E-state index in [0.29, 0.717) is 0 Å². The molecule has 0 heterocycles. The number of hydrogen-bond donors (Lipinski definition) is 0. The summed E-state index contributed by atoms with van der Waals surface area (Å²) in [6.45, 7) is 0. The molecule has 0 unspecified atom stereocenters. The molecule has 0 aliphatic rings. The van der Waals surface area contributed by atoms with Crippen molar-refractivity contribution in [1.29, 1.82) is 0 Å². The van der Waals surface area contributed by atoms with Gasteiger partial charge in [-0.05, 0) is 0 Å². The van der Waals surface area contributed by atoms with E-state index in [9.17, 15) is 0 Å².